The Hall–Kier alpha value is -3.72. The number of piperazine rings is 1. The zero-order chi connectivity index (χ0) is 24.1. The maximum Gasteiger partial charge on any atom is 0.274 e. The predicted octanol–water partition coefficient (Wildman–Crippen LogP) is 2.71. The summed E-state index contributed by atoms with van der Waals surface area (Å²) in [5.74, 6) is -0.485. The molecule has 0 aliphatic carbocycles. The standard InChI is InChI=1S/C24H22ClFN4O4/c25-20-16-17(26)6-7-19(20)23(32)28-10-12-29(13-11-28)24(33)21-8-9-22(31)30(27-21)14-15-34-18-4-2-1-3-5-18/h1-9,16H,10-15H2. The summed E-state index contributed by atoms with van der Waals surface area (Å²) in [4.78, 5) is 41.0. The number of halogens is 2. The number of amides is 2. The van der Waals surface area contributed by atoms with Crippen molar-refractivity contribution in [3.63, 3.8) is 0 Å². The van der Waals surface area contributed by atoms with Crippen molar-refractivity contribution in [1.29, 1.82) is 0 Å². The lowest BCUT2D eigenvalue weighted by Gasteiger charge is -2.34. The summed E-state index contributed by atoms with van der Waals surface area (Å²) in [5, 5.41) is 4.25. The molecule has 0 spiro atoms. The Morgan fingerprint density at radius 2 is 1.62 bits per heavy atom. The number of carbonyl (C=O) groups excluding carboxylic acids is 2. The van der Waals surface area contributed by atoms with Gasteiger partial charge in [-0.15, -0.1) is 0 Å². The zero-order valence-corrected chi connectivity index (χ0v) is 18.9. The molecule has 4 rings (SSSR count). The monoisotopic (exact) mass is 484 g/mol. The average Bonchev–Trinajstić information content (AvgIpc) is 2.85. The number of hydrogen-bond acceptors (Lipinski definition) is 5. The Morgan fingerprint density at radius 3 is 2.29 bits per heavy atom. The van der Waals surface area contributed by atoms with E-state index in [4.69, 9.17) is 16.3 Å². The van der Waals surface area contributed by atoms with Crippen molar-refractivity contribution in [2.75, 3.05) is 32.8 Å². The van der Waals surface area contributed by atoms with Gasteiger partial charge in [0.2, 0.25) is 0 Å². The Balaban J connectivity index is 1.35. The van der Waals surface area contributed by atoms with Crippen LogP contribution in [0.25, 0.3) is 0 Å². The van der Waals surface area contributed by atoms with Crippen molar-refractivity contribution < 1.29 is 18.7 Å². The fraction of sp³-hybridized carbons (Fsp3) is 0.250. The molecule has 34 heavy (non-hydrogen) atoms. The second-order valence-corrected chi connectivity index (χ2v) is 8.06. The van der Waals surface area contributed by atoms with Crippen molar-refractivity contribution in [2.24, 2.45) is 0 Å². The molecule has 1 saturated heterocycles. The molecular formula is C24H22ClFN4O4. The number of rotatable bonds is 6. The second-order valence-electron chi connectivity index (χ2n) is 7.65. The van der Waals surface area contributed by atoms with E-state index in [0.717, 1.165) is 6.07 Å². The molecule has 0 saturated carbocycles. The van der Waals surface area contributed by atoms with E-state index in [1.807, 2.05) is 30.3 Å². The van der Waals surface area contributed by atoms with Crippen molar-refractivity contribution in [1.82, 2.24) is 19.6 Å². The normalized spacial score (nSPS) is 13.6. The van der Waals surface area contributed by atoms with Gasteiger partial charge in [0.25, 0.3) is 17.4 Å². The van der Waals surface area contributed by atoms with Crippen LogP contribution in [0.5, 0.6) is 5.75 Å². The van der Waals surface area contributed by atoms with Gasteiger partial charge in [-0.2, -0.15) is 5.10 Å². The minimum atomic E-state index is -0.516. The molecule has 1 aromatic heterocycles. The molecule has 0 N–H and O–H groups in total. The summed E-state index contributed by atoms with van der Waals surface area (Å²) >= 11 is 6.00. The number of benzene rings is 2. The van der Waals surface area contributed by atoms with E-state index < -0.39 is 5.82 Å². The molecule has 2 aromatic carbocycles. The minimum absolute atomic E-state index is 0.0474. The van der Waals surface area contributed by atoms with Crippen LogP contribution in [0.4, 0.5) is 4.39 Å². The molecule has 1 aliphatic rings. The molecule has 0 unspecified atom stereocenters. The maximum absolute atomic E-state index is 13.3. The molecule has 2 amide bonds. The number of para-hydroxylation sites is 1. The lowest BCUT2D eigenvalue weighted by molar-refractivity contribution is 0.0530. The largest absolute Gasteiger partial charge is 0.492 e. The molecule has 3 aromatic rings. The van der Waals surface area contributed by atoms with Crippen molar-refractivity contribution in [3.05, 3.63) is 93.1 Å². The fourth-order valence-electron chi connectivity index (χ4n) is 3.60. The van der Waals surface area contributed by atoms with Crippen LogP contribution in [0.1, 0.15) is 20.8 Å². The zero-order valence-electron chi connectivity index (χ0n) is 18.2. The Labute approximate surface area is 200 Å². The van der Waals surface area contributed by atoms with Crippen LogP contribution in [-0.2, 0) is 6.54 Å². The van der Waals surface area contributed by atoms with Crippen molar-refractivity contribution in [3.8, 4) is 5.75 Å². The molecule has 1 aliphatic heterocycles. The first-order chi connectivity index (χ1) is 16.4. The molecule has 0 bridgehead atoms. The Bertz CT molecular complexity index is 1240. The second kappa shape index (κ2) is 10.5. The first kappa shape index (κ1) is 23.4. The van der Waals surface area contributed by atoms with Crippen LogP contribution in [0, 0.1) is 5.82 Å². The van der Waals surface area contributed by atoms with E-state index in [1.165, 1.54) is 28.9 Å². The smallest absolute Gasteiger partial charge is 0.274 e. The topological polar surface area (TPSA) is 84.7 Å². The molecular weight excluding hydrogens is 463 g/mol. The third-order valence-electron chi connectivity index (χ3n) is 5.42. The average molecular weight is 485 g/mol. The fourth-order valence-corrected chi connectivity index (χ4v) is 3.85. The van der Waals surface area contributed by atoms with E-state index in [2.05, 4.69) is 5.10 Å². The lowest BCUT2D eigenvalue weighted by atomic mass is 10.1. The van der Waals surface area contributed by atoms with Crippen LogP contribution in [0.15, 0.2) is 65.5 Å². The van der Waals surface area contributed by atoms with Gasteiger partial charge in [-0.1, -0.05) is 29.8 Å². The highest BCUT2D eigenvalue weighted by Gasteiger charge is 2.27. The van der Waals surface area contributed by atoms with E-state index in [-0.39, 0.29) is 46.8 Å². The third kappa shape index (κ3) is 5.43. The minimum Gasteiger partial charge on any atom is -0.492 e. The summed E-state index contributed by atoms with van der Waals surface area (Å²) in [7, 11) is 0. The quantitative estimate of drug-likeness (QED) is 0.537. The molecule has 0 atom stereocenters. The van der Waals surface area contributed by atoms with Crippen LogP contribution < -0.4 is 10.3 Å². The van der Waals surface area contributed by atoms with Gasteiger partial charge in [0.05, 0.1) is 17.1 Å². The SMILES string of the molecule is O=C(c1ccc(=O)n(CCOc2ccccc2)n1)N1CCN(C(=O)c2ccc(F)cc2Cl)CC1. The number of carbonyl (C=O) groups is 2. The predicted molar refractivity (Wildman–Crippen MR) is 124 cm³/mol. The number of ether oxygens (including phenoxy) is 1. The summed E-state index contributed by atoms with van der Waals surface area (Å²) in [6, 6.07) is 15.5. The van der Waals surface area contributed by atoms with Gasteiger partial charge >= 0.3 is 0 Å². The lowest BCUT2D eigenvalue weighted by Crippen LogP contribution is -2.51. The molecule has 1 fully saturated rings. The van der Waals surface area contributed by atoms with Crippen LogP contribution >= 0.6 is 11.6 Å². The first-order valence-corrected chi connectivity index (χ1v) is 11.1. The van der Waals surface area contributed by atoms with E-state index >= 15 is 0 Å². The van der Waals surface area contributed by atoms with E-state index in [0.29, 0.717) is 31.9 Å². The number of nitrogens with zero attached hydrogens (tertiary/aromatic N) is 4. The van der Waals surface area contributed by atoms with Gasteiger partial charge in [-0.05, 0) is 36.4 Å². The van der Waals surface area contributed by atoms with Gasteiger partial charge in [-0.25, -0.2) is 9.07 Å². The van der Waals surface area contributed by atoms with Gasteiger partial charge < -0.3 is 14.5 Å². The van der Waals surface area contributed by atoms with Crippen molar-refractivity contribution >= 4 is 23.4 Å². The van der Waals surface area contributed by atoms with Crippen LogP contribution in [0.3, 0.4) is 0 Å². The highest BCUT2D eigenvalue weighted by Crippen LogP contribution is 2.20. The third-order valence-corrected chi connectivity index (χ3v) is 5.73. The van der Waals surface area contributed by atoms with Gasteiger partial charge in [0.1, 0.15) is 23.9 Å². The van der Waals surface area contributed by atoms with Gasteiger partial charge in [0.15, 0.2) is 0 Å². The van der Waals surface area contributed by atoms with E-state index in [1.54, 1.807) is 9.80 Å². The molecule has 8 nitrogen and oxygen atoms in total. The summed E-state index contributed by atoms with van der Waals surface area (Å²) in [5.41, 5.74) is 0.0229. The Morgan fingerprint density at radius 1 is 0.941 bits per heavy atom. The maximum atomic E-state index is 13.3. The summed E-state index contributed by atoms with van der Waals surface area (Å²) in [6.07, 6.45) is 0. The van der Waals surface area contributed by atoms with Crippen LogP contribution in [0.2, 0.25) is 5.02 Å². The summed E-state index contributed by atoms with van der Waals surface area (Å²) in [6.45, 7) is 1.59. The van der Waals surface area contributed by atoms with Gasteiger partial charge in [-0.3, -0.25) is 14.4 Å². The molecule has 10 heteroatoms. The highest BCUT2D eigenvalue weighted by atomic mass is 35.5. The highest BCUT2D eigenvalue weighted by molar-refractivity contribution is 6.33. The first-order valence-electron chi connectivity index (χ1n) is 10.7. The van der Waals surface area contributed by atoms with E-state index in [9.17, 15) is 18.8 Å². The molecule has 0 radical (unpaired) electrons. The van der Waals surface area contributed by atoms with Gasteiger partial charge in [0, 0.05) is 32.2 Å². The number of hydrogen-bond donors (Lipinski definition) is 0. The Kier molecular flexibility index (Phi) is 7.22. The molecule has 2 heterocycles. The van der Waals surface area contributed by atoms with Crippen LogP contribution in [-0.4, -0.2) is 64.2 Å². The number of aromatic nitrogens is 2. The summed E-state index contributed by atoms with van der Waals surface area (Å²) < 4.78 is 20.1. The molecule has 176 valence electrons. The van der Waals surface area contributed by atoms with Crippen molar-refractivity contribution in [2.45, 2.75) is 6.54 Å².